The molecule has 0 bridgehead atoms. The van der Waals surface area contributed by atoms with Gasteiger partial charge in [-0.05, 0) is 31.7 Å². The Balaban J connectivity index is 2.43. The third-order valence-corrected chi connectivity index (χ3v) is 3.87. The van der Waals surface area contributed by atoms with Gasteiger partial charge < -0.3 is 16.2 Å². The van der Waals surface area contributed by atoms with Gasteiger partial charge in [-0.2, -0.15) is 0 Å². The summed E-state index contributed by atoms with van der Waals surface area (Å²) < 4.78 is 0. The number of aryl methyl sites for hydroxylation is 1. The lowest BCUT2D eigenvalue weighted by molar-refractivity contribution is -0.148. The smallest absolute Gasteiger partial charge is 0.311 e. The lowest BCUT2D eigenvalue weighted by atomic mass is 9.87. The second kappa shape index (κ2) is 7.78. The van der Waals surface area contributed by atoms with Gasteiger partial charge >= 0.3 is 5.97 Å². The average Bonchev–Trinajstić information content (AvgIpc) is 2.50. The van der Waals surface area contributed by atoms with Crippen LogP contribution in [0.4, 0.5) is 0 Å². The molecule has 0 radical (unpaired) electrons. The molecule has 1 rings (SSSR count). The van der Waals surface area contributed by atoms with Crippen molar-refractivity contribution in [1.82, 2.24) is 5.32 Å². The summed E-state index contributed by atoms with van der Waals surface area (Å²) in [6.07, 6.45) is 1.70. The van der Waals surface area contributed by atoms with Gasteiger partial charge in [0.15, 0.2) is 0 Å². The molecule has 0 aliphatic rings. The van der Waals surface area contributed by atoms with Crippen LogP contribution in [-0.4, -0.2) is 29.6 Å². The van der Waals surface area contributed by atoms with E-state index in [2.05, 4.69) is 5.32 Å². The van der Waals surface area contributed by atoms with Crippen molar-refractivity contribution in [1.29, 1.82) is 0 Å². The maximum absolute atomic E-state index is 11.9. The fraction of sp³-hybridized carbons (Fsp3) is 0.500. The van der Waals surface area contributed by atoms with Crippen molar-refractivity contribution in [3.63, 3.8) is 0 Å². The normalized spacial score (nSPS) is 15.0. The SMILES string of the molecule is CCC(C)(CNC(=O)C(N)CCc1ccccc1)C(=O)O. The van der Waals surface area contributed by atoms with E-state index in [0.717, 1.165) is 12.0 Å². The van der Waals surface area contributed by atoms with E-state index in [9.17, 15) is 9.59 Å². The molecule has 5 heteroatoms. The highest BCUT2D eigenvalue weighted by molar-refractivity contribution is 5.82. The molecule has 1 aromatic rings. The Morgan fingerprint density at radius 2 is 1.95 bits per heavy atom. The van der Waals surface area contributed by atoms with Crippen LogP contribution in [0, 0.1) is 5.41 Å². The largest absolute Gasteiger partial charge is 0.481 e. The summed E-state index contributed by atoms with van der Waals surface area (Å²) in [6, 6.07) is 9.18. The molecule has 2 unspecified atom stereocenters. The Morgan fingerprint density at radius 1 is 1.33 bits per heavy atom. The van der Waals surface area contributed by atoms with Gasteiger partial charge in [0.2, 0.25) is 5.91 Å². The number of nitrogens with two attached hydrogens (primary N) is 1. The Labute approximate surface area is 125 Å². The topological polar surface area (TPSA) is 92.4 Å². The van der Waals surface area contributed by atoms with Crippen molar-refractivity contribution in [2.45, 2.75) is 39.2 Å². The number of carbonyl (C=O) groups is 2. The van der Waals surface area contributed by atoms with E-state index in [1.807, 2.05) is 30.3 Å². The molecule has 1 amide bonds. The predicted octanol–water partition coefficient (Wildman–Crippen LogP) is 1.56. The number of carboxylic acid groups (broad SMARTS) is 1. The lowest BCUT2D eigenvalue weighted by Crippen LogP contribution is -2.47. The standard InChI is InChI=1S/C16H24N2O3/c1-3-16(2,15(20)21)11-18-14(19)13(17)10-9-12-7-5-4-6-8-12/h4-8,13H,3,9-11,17H2,1-2H3,(H,18,19)(H,20,21). The van der Waals surface area contributed by atoms with Crippen molar-refractivity contribution in [2.24, 2.45) is 11.1 Å². The molecule has 0 aliphatic heterocycles. The zero-order valence-corrected chi connectivity index (χ0v) is 12.6. The second-order valence-electron chi connectivity index (χ2n) is 5.57. The molecule has 0 fully saturated rings. The third kappa shape index (κ3) is 5.19. The Morgan fingerprint density at radius 3 is 2.48 bits per heavy atom. The van der Waals surface area contributed by atoms with Crippen LogP contribution in [-0.2, 0) is 16.0 Å². The summed E-state index contributed by atoms with van der Waals surface area (Å²) in [4.78, 5) is 23.1. The number of hydrogen-bond acceptors (Lipinski definition) is 3. The van der Waals surface area contributed by atoms with E-state index in [0.29, 0.717) is 12.8 Å². The first-order chi connectivity index (χ1) is 9.89. The first-order valence-corrected chi connectivity index (χ1v) is 7.19. The van der Waals surface area contributed by atoms with E-state index in [-0.39, 0.29) is 12.5 Å². The monoisotopic (exact) mass is 292 g/mol. The van der Waals surface area contributed by atoms with Gasteiger partial charge in [-0.15, -0.1) is 0 Å². The van der Waals surface area contributed by atoms with Gasteiger partial charge in [0.05, 0.1) is 11.5 Å². The maximum atomic E-state index is 11.9. The second-order valence-corrected chi connectivity index (χ2v) is 5.57. The fourth-order valence-electron chi connectivity index (χ4n) is 1.86. The number of rotatable bonds is 8. The van der Waals surface area contributed by atoms with Gasteiger partial charge in [-0.3, -0.25) is 9.59 Å². The third-order valence-electron chi connectivity index (χ3n) is 3.87. The molecule has 0 spiro atoms. The quantitative estimate of drug-likeness (QED) is 0.678. The molecule has 116 valence electrons. The molecule has 4 N–H and O–H groups in total. The summed E-state index contributed by atoms with van der Waals surface area (Å²) in [7, 11) is 0. The van der Waals surface area contributed by atoms with Crippen LogP contribution >= 0.6 is 0 Å². The number of amides is 1. The molecular formula is C16H24N2O3. The summed E-state index contributed by atoms with van der Waals surface area (Å²) >= 11 is 0. The fourth-order valence-corrected chi connectivity index (χ4v) is 1.86. The van der Waals surface area contributed by atoms with E-state index in [1.165, 1.54) is 0 Å². The van der Waals surface area contributed by atoms with Crippen molar-refractivity contribution < 1.29 is 14.7 Å². The number of hydrogen-bond donors (Lipinski definition) is 3. The molecule has 2 atom stereocenters. The predicted molar refractivity (Wildman–Crippen MR) is 81.8 cm³/mol. The summed E-state index contributed by atoms with van der Waals surface area (Å²) in [5.74, 6) is -1.21. The Bertz CT molecular complexity index is 476. The van der Waals surface area contributed by atoms with Crippen LogP contribution in [0.2, 0.25) is 0 Å². The van der Waals surface area contributed by atoms with E-state index >= 15 is 0 Å². The maximum Gasteiger partial charge on any atom is 0.311 e. The van der Waals surface area contributed by atoms with Crippen LogP contribution in [0.1, 0.15) is 32.3 Å². The van der Waals surface area contributed by atoms with E-state index < -0.39 is 17.4 Å². The minimum atomic E-state index is -0.950. The van der Waals surface area contributed by atoms with Crippen LogP contribution in [0.25, 0.3) is 0 Å². The van der Waals surface area contributed by atoms with E-state index in [1.54, 1.807) is 13.8 Å². The van der Waals surface area contributed by atoms with Crippen LogP contribution in [0.5, 0.6) is 0 Å². The number of carboxylic acids is 1. The molecule has 5 nitrogen and oxygen atoms in total. The summed E-state index contributed by atoms with van der Waals surface area (Å²) in [5.41, 5.74) is 6.03. The van der Waals surface area contributed by atoms with Crippen LogP contribution in [0.3, 0.4) is 0 Å². The zero-order chi connectivity index (χ0) is 15.9. The highest BCUT2D eigenvalue weighted by atomic mass is 16.4. The van der Waals surface area contributed by atoms with Gasteiger partial charge in [-0.25, -0.2) is 0 Å². The minimum absolute atomic E-state index is 0.0940. The number of carbonyl (C=O) groups excluding carboxylic acids is 1. The van der Waals surface area contributed by atoms with Crippen LogP contribution < -0.4 is 11.1 Å². The van der Waals surface area contributed by atoms with Crippen LogP contribution in [0.15, 0.2) is 30.3 Å². The molecule has 21 heavy (non-hydrogen) atoms. The van der Waals surface area contributed by atoms with Crippen molar-refractivity contribution >= 4 is 11.9 Å². The molecule has 1 aromatic carbocycles. The molecule has 0 saturated heterocycles. The highest BCUT2D eigenvalue weighted by Gasteiger charge is 2.31. The average molecular weight is 292 g/mol. The van der Waals surface area contributed by atoms with Gasteiger partial charge in [0.1, 0.15) is 0 Å². The number of aliphatic carboxylic acids is 1. The lowest BCUT2D eigenvalue weighted by Gasteiger charge is -2.24. The molecule has 0 aliphatic carbocycles. The summed E-state index contributed by atoms with van der Waals surface area (Å²) in [5, 5.41) is 11.8. The van der Waals surface area contributed by atoms with E-state index in [4.69, 9.17) is 10.8 Å². The number of nitrogens with one attached hydrogen (secondary N) is 1. The Hall–Kier alpha value is -1.88. The first kappa shape index (κ1) is 17.2. The highest BCUT2D eigenvalue weighted by Crippen LogP contribution is 2.19. The van der Waals surface area contributed by atoms with Crippen molar-refractivity contribution in [3.8, 4) is 0 Å². The summed E-state index contributed by atoms with van der Waals surface area (Å²) in [6.45, 7) is 3.50. The van der Waals surface area contributed by atoms with Gasteiger partial charge in [0, 0.05) is 6.54 Å². The number of benzene rings is 1. The molecule has 0 aromatic heterocycles. The molecular weight excluding hydrogens is 268 g/mol. The molecule has 0 heterocycles. The van der Waals surface area contributed by atoms with Crippen molar-refractivity contribution in [3.05, 3.63) is 35.9 Å². The van der Waals surface area contributed by atoms with Gasteiger partial charge in [-0.1, -0.05) is 37.3 Å². The van der Waals surface area contributed by atoms with Crippen molar-refractivity contribution in [2.75, 3.05) is 6.54 Å². The first-order valence-electron chi connectivity index (χ1n) is 7.19. The minimum Gasteiger partial charge on any atom is -0.481 e. The molecule has 0 saturated carbocycles. The Kier molecular flexibility index (Phi) is 6.37. The zero-order valence-electron chi connectivity index (χ0n) is 12.6. The van der Waals surface area contributed by atoms with Gasteiger partial charge in [0.25, 0.3) is 0 Å².